The first-order chi connectivity index (χ1) is 7.04. The molecule has 0 heterocycles. The molecule has 15 heavy (non-hydrogen) atoms. The van der Waals surface area contributed by atoms with Crippen molar-refractivity contribution in [2.45, 2.75) is 32.6 Å². The molecule has 0 spiro atoms. The summed E-state index contributed by atoms with van der Waals surface area (Å²) in [5.41, 5.74) is 1.52. The first-order valence-electron chi connectivity index (χ1n) is 5.63. The van der Waals surface area contributed by atoms with E-state index in [1.54, 1.807) is 6.08 Å². The minimum Gasteiger partial charge on any atom is -0.478 e. The number of hydrogen-bond donors (Lipinski definition) is 1. The zero-order valence-corrected chi connectivity index (χ0v) is 9.20. The molecule has 0 saturated heterocycles. The lowest BCUT2D eigenvalue weighted by Crippen LogP contribution is -2.25. The van der Waals surface area contributed by atoms with Crippen molar-refractivity contribution in [2.24, 2.45) is 17.3 Å². The van der Waals surface area contributed by atoms with E-state index in [0.29, 0.717) is 5.92 Å². The summed E-state index contributed by atoms with van der Waals surface area (Å²) in [5, 5.41) is 8.56. The number of hydrogen-bond acceptors (Lipinski definition) is 1. The number of carboxylic acid groups (broad SMARTS) is 1. The Labute approximate surface area is 90.7 Å². The lowest BCUT2D eigenvalue weighted by atomic mass is 9.70. The van der Waals surface area contributed by atoms with Crippen molar-refractivity contribution in [3.8, 4) is 0 Å². The molecular weight excluding hydrogens is 188 g/mol. The molecule has 0 aromatic rings. The maximum Gasteiger partial charge on any atom is 0.327 e. The van der Waals surface area contributed by atoms with Crippen LogP contribution in [0.3, 0.4) is 0 Å². The number of rotatable bonds is 3. The van der Waals surface area contributed by atoms with Crippen LogP contribution in [-0.2, 0) is 4.79 Å². The average Bonchev–Trinajstić information content (AvgIpc) is 2.70. The lowest BCUT2D eigenvalue weighted by molar-refractivity contribution is -0.131. The molecule has 2 aliphatic rings. The summed E-state index contributed by atoms with van der Waals surface area (Å²) in [4.78, 5) is 10.4. The highest BCUT2D eigenvalue weighted by Crippen LogP contribution is 2.60. The Balaban J connectivity index is 2.07. The van der Waals surface area contributed by atoms with Gasteiger partial charge in [-0.3, -0.25) is 0 Å². The zero-order valence-electron chi connectivity index (χ0n) is 9.20. The summed E-state index contributed by atoms with van der Waals surface area (Å²) in [7, 11) is 0. The summed E-state index contributed by atoms with van der Waals surface area (Å²) in [6, 6.07) is 0. The Kier molecular flexibility index (Phi) is 2.45. The molecule has 0 aliphatic heterocycles. The molecule has 0 amide bonds. The van der Waals surface area contributed by atoms with E-state index in [4.69, 9.17) is 5.11 Å². The molecule has 2 saturated carbocycles. The standard InChI is InChI=1S/C13H18O2/c1-9-10-5-6-11(8-10)13(9,2)7-3-4-12(14)15/h3-4,10-11H,1,5-8H2,2H3,(H,14,15). The van der Waals surface area contributed by atoms with Crippen LogP contribution in [-0.4, -0.2) is 11.1 Å². The quantitative estimate of drug-likeness (QED) is 0.569. The first-order valence-corrected chi connectivity index (χ1v) is 5.63. The van der Waals surface area contributed by atoms with Crippen molar-refractivity contribution in [2.75, 3.05) is 0 Å². The Hall–Kier alpha value is -1.05. The normalized spacial score (nSPS) is 39.1. The molecule has 2 aliphatic carbocycles. The lowest BCUT2D eigenvalue weighted by Gasteiger charge is -2.35. The number of carbonyl (C=O) groups is 1. The van der Waals surface area contributed by atoms with Crippen molar-refractivity contribution < 1.29 is 9.90 Å². The minimum atomic E-state index is -0.854. The zero-order chi connectivity index (χ0) is 11.1. The molecule has 3 atom stereocenters. The van der Waals surface area contributed by atoms with E-state index in [9.17, 15) is 4.79 Å². The van der Waals surface area contributed by atoms with Gasteiger partial charge in [0.2, 0.25) is 0 Å². The fraction of sp³-hybridized carbons (Fsp3) is 0.615. The van der Waals surface area contributed by atoms with E-state index < -0.39 is 5.97 Å². The van der Waals surface area contributed by atoms with Crippen LogP contribution in [0.1, 0.15) is 32.6 Å². The maximum absolute atomic E-state index is 10.4. The second kappa shape index (κ2) is 3.51. The highest BCUT2D eigenvalue weighted by Gasteiger charge is 2.49. The number of aliphatic carboxylic acids is 1. The highest BCUT2D eigenvalue weighted by atomic mass is 16.4. The van der Waals surface area contributed by atoms with Gasteiger partial charge in [-0.25, -0.2) is 4.79 Å². The van der Waals surface area contributed by atoms with Crippen LogP contribution >= 0.6 is 0 Å². The van der Waals surface area contributed by atoms with Gasteiger partial charge < -0.3 is 5.11 Å². The summed E-state index contributed by atoms with van der Waals surface area (Å²) < 4.78 is 0. The van der Waals surface area contributed by atoms with E-state index in [0.717, 1.165) is 12.3 Å². The molecule has 2 heteroatoms. The van der Waals surface area contributed by atoms with Crippen LogP contribution in [0.5, 0.6) is 0 Å². The number of carboxylic acids is 1. The van der Waals surface area contributed by atoms with Gasteiger partial charge in [0.05, 0.1) is 0 Å². The molecular formula is C13H18O2. The Bertz CT molecular complexity index is 329. The van der Waals surface area contributed by atoms with Gasteiger partial charge >= 0.3 is 5.97 Å². The van der Waals surface area contributed by atoms with Crippen molar-refractivity contribution in [3.63, 3.8) is 0 Å². The van der Waals surface area contributed by atoms with Gasteiger partial charge in [0.1, 0.15) is 0 Å². The Morgan fingerprint density at radius 1 is 1.67 bits per heavy atom. The summed E-state index contributed by atoms with van der Waals surface area (Å²) in [5.74, 6) is 0.582. The molecule has 82 valence electrons. The van der Waals surface area contributed by atoms with E-state index in [2.05, 4.69) is 13.5 Å². The highest BCUT2D eigenvalue weighted by molar-refractivity contribution is 5.79. The molecule has 3 unspecified atom stereocenters. The smallest absolute Gasteiger partial charge is 0.327 e. The van der Waals surface area contributed by atoms with Gasteiger partial charge in [-0.05, 0) is 42.9 Å². The number of allylic oxidation sites excluding steroid dienone is 2. The van der Waals surface area contributed by atoms with Crippen LogP contribution in [0, 0.1) is 17.3 Å². The van der Waals surface area contributed by atoms with Gasteiger partial charge in [-0.1, -0.05) is 25.2 Å². The fourth-order valence-corrected chi connectivity index (χ4v) is 3.31. The second-order valence-electron chi connectivity index (χ2n) is 5.09. The van der Waals surface area contributed by atoms with Crippen molar-refractivity contribution in [1.29, 1.82) is 0 Å². The molecule has 1 N–H and O–H groups in total. The monoisotopic (exact) mass is 206 g/mol. The van der Waals surface area contributed by atoms with Crippen LogP contribution in [0.2, 0.25) is 0 Å². The topological polar surface area (TPSA) is 37.3 Å². The van der Waals surface area contributed by atoms with Crippen LogP contribution < -0.4 is 0 Å². The molecule has 0 aromatic heterocycles. The third kappa shape index (κ3) is 1.62. The van der Waals surface area contributed by atoms with E-state index in [-0.39, 0.29) is 5.41 Å². The second-order valence-corrected chi connectivity index (χ2v) is 5.09. The van der Waals surface area contributed by atoms with Crippen molar-refractivity contribution in [1.82, 2.24) is 0 Å². The summed E-state index contributed by atoms with van der Waals surface area (Å²) in [6.45, 7) is 6.45. The van der Waals surface area contributed by atoms with Gasteiger partial charge in [-0.15, -0.1) is 0 Å². The fourth-order valence-electron chi connectivity index (χ4n) is 3.31. The van der Waals surface area contributed by atoms with Gasteiger partial charge in [-0.2, -0.15) is 0 Å². The maximum atomic E-state index is 10.4. The van der Waals surface area contributed by atoms with Crippen LogP contribution in [0.4, 0.5) is 0 Å². The number of fused-ring (bicyclic) bond motifs is 2. The third-order valence-electron chi connectivity index (χ3n) is 4.36. The van der Waals surface area contributed by atoms with E-state index in [1.165, 1.54) is 30.9 Å². The molecule has 2 fully saturated rings. The Morgan fingerprint density at radius 2 is 2.40 bits per heavy atom. The third-order valence-corrected chi connectivity index (χ3v) is 4.36. The molecule has 0 radical (unpaired) electrons. The predicted octanol–water partition coefficient (Wildman–Crippen LogP) is 3.01. The molecule has 2 nitrogen and oxygen atoms in total. The first kappa shape index (κ1) is 10.5. The van der Waals surface area contributed by atoms with Crippen LogP contribution in [0.15, 0.2) is 24.3 Å². The van der Waals surface area contributed by atoms with E-state index >= 15 is 0 Å². The molecule has 2 bridgehead atoms. The average molecular weight is 206 g/mol. The minimum absolute atomic E-state index is 0.162. The largest absolute Gasteiger partial charge is 0.478 e. The van der Waals surface area contributed by atoms with Crippen molar-refractivity contribution >= 4 is 5.97 Å². The Morgan fingerprint density at radius 3 is 2.93 bits per heavy atom. The summed E-state index contributed by atoms with van der Waals surface area (Å²) >= 11 is 0. The molecule has 0 aromatic carbocycles. The van der Waals surface area contributed by atoms with Crippen molar-refractivity contribution in [3.05, 3.63) is 24.3 Å². The molecule has 2 rings (SSSR count). The summed E-state index contributed by atoms with van der Waals surface area (Å²) in [6.07, 6.45) is 7.73. The predicted molar refractivity (Wildman–Crippen MR) is 59.5 cm³/mol. The van der Waals surface area contributed by atoms with Crippen LogP contribution in [0.25, 0.3) is 0 Å². The van der Waals surface area contributed by atoms with Gasteiger partial charge in [0.25, 0.3) is 0 Å². The van der Waals surface area contributed by atoms with Gasteiger partial charge in [0.15, 0.2) is 0 Å². The van der Waals surface area contributed by atoms with Gasteiger partial charge in [0, 0.05) is 6.08 Å². The van der Waals surface area contributed by atoms with E-state index in [1.807, 2.05) is 0 Å². The SMILES string of the molecule is C=C1C2CCC(C2)C1(C)CC=CC(=O)O.